The largest absolute Gasteiger partial charge is 0.315 e. The van der Waals surface area contributed by atoms with Crippen LogP contribution in [0.2, 0.25) is 4.34 Å². The number of aromatic nitrogens is 1. The highest BCUT2D eigenvalue weighted by Crippen LogP contribution is 2.47. The number of thiophene rings is 1. The number of rotatable bonds is 3. The maximum atomic E-state index is 12.6. The van der Waals surface area contributed by atoms with Crippen LogP contribution in [0.15, 0.2) is 17.5 Å². The van der Waals surface area contributed by atoms with Gasteiger partial charge in [0, 0.05) is 17.6 Å². The van der Waals surface area contributed by atoms with Gasteiger partial charge in [-0.1, -0.05) is 11.6 Å². The molecule has 2 saturated heterocycles. The molecule has 24 heavy (non-hydrogen) atoms. The van der Waals surface area contributed by atoms with E-state index in [0.29, 0.717) is 21.6 Å². The van der Waals surface area contributed by atoms with E-state index in [1.165, 1.54) is 22.7 Å². The highest BCUT2D eigenvalue weighted by atomic mass is 35.5. The van der Waals surface area contributed by atoms with Crippen LogP contribution >= 0.6 is 46.0 Å². The third-order valence-corrected chi connectivity index (χ3v) is 7.82. The fraction of sp³-hybridized carbons (Fsp3) is 0.400. The van der Waals surface area contributed by atoms with Gasteiger partial charge in [0.25, 0.3) is 0 Å². The van der Waals surface area contributed by atoms with Crippen LogP contribution in [0.5, 0.6) is 0 Å². The first-order valence-corrected chi connectivity index (χ1v) is 10.5. The summed E-state index contributed by atoms with van der Waals surface area (Å²) in [4.78, 5) is 31.7. The molecule has 2 amide bonds. The summed E-state index contributed by atoms with van der Waals surface area (Å²) in [6.45, 7) is 2.04. The molecule has 4 rings (SSSR count). The number of thiazole rings is 1. The number of carbonyl (C=O) groups excluding carboxylic acids is 2. The monoisotopic (exact) mass is 399 g/mol. The minimum Gasteiger partial charge on any atom is -0.315 e. The van der Waals surface area contributed by atoms with Crippen LogP contribution in [0.1, 0.15) is 19.8 Å². The van der Waals surface area contributed by atoms with Crippen LogP contribution < -0.4 is 5.32 Å². The van der Waals surface area contributed by atoms with E-state index in [1.807, 2.05) is 24.4 Å². The van der Waals surface area contributed by atoms with Crippen LogP contribution in [-0.2, 0) is 9.59 Å². The average molecular weight is 400 g/mol. The van der Waals surface area contributed by atoms with E-state index in [2.05, 4.69) is 10.3 Å². The second-order valence-corrected chi connectivity index (χ2v) is 9.97. The van der Waals surface area contributed by atoms with Crippen LogP contribution in [-0.4, -0.2) is 38.4 Å². The van der Waals surface area contributed by atoms with Gasteiger partial charge < -0.3 is 10.2 Å². The topological polar surface area (TPSA) is 62.3 Å². The lowest BCUT2D eigenvalue weighted by atomic mass is 10.2. The molecule has 0 spiro atoms. The summed E-state index contributed by atoms with van der Waals surface area (Å²) in [7, 11) is 0. The molecule has 0 aromatic carbocycles. The normalized spacial score (nSPS) is 26.0. The Balaban J connectivity index is 1.49. The van der Waals surface area contributed by atoms with E-state index < -0.39 is 6.04 Å². The Kier molecular flexibility index (Phi) is 4.11. The predicted octanol–water partition coefficient (Wildman–Crippen LogP) is 3.92. The number of thioether (sulfide) groups is 1. The molecule has 0 saturated carbocycles. The van der Waals surface area contributed by atoms with Gasteiger partial charge in [0.1, 0.15) is 6.04 Å². The SMILES string of the molecule is CC12CCC(=O)N1C(C(=O)Nc1nc(-c3ccc(Cl)s3)cs1)CS2. The number of halogens is 1. The quantitative estimate of drug-likeness (QED) is 0.849. The summed E-state index contributed by atoms with van der Waals surface area (Å²) in [5, 5.41) is 5.31. The first kappa shape index (κ1) is 16.4. The van der Waals surface area contributed by atoms with Crippen molar-refractivity contribution < 1.29 is 9.59 Å². The van der Waals surface area contributed by atoms with Crippen LogP contribution in [0.25, 0.3) is 10.6 Å². The van der Waals surface area contributed by atoms with Gasteiger partial charge in [-0.05, 0) is 25.5 Å². The van der Waals surface area contributed by atoms with Crippen molar-refractivity contribution in [2.24, 2.45) is 0 Å². The Bertz CT molecular complexity index is 821. The van der Waals surface area contributed by atoms with Gasteiger partial charge in [-0.3, -0.25) is 9.59 Å². The summed E-state index contributed by atoms with van der Waals surface area (Å²) in [5.74, 6) is 0.537. The summed E-state index contributed by atoms with van der Waals surface area (Å²) in [5.41, 5.74) is 0.801. The van der Waals surface area contributed by atoms with E-state index in [0.717, 1.165) is 17.0 Å². The van der Waals surface area contributed by atoms with Gasteiger partial charge in [0.05, 0.1) is 19.8 Å². The smallest absolute Gasteiger partial charge is 0.249 e. The van der Waals surface area contributed by atoms with Crippen molar-refractivity contribution in [3.63, 3.8) is 0 Å². The van der Waals surface area contributed by atoms with Gasteiger partial charge in [-0.2, -0.15) is 0 Å². The van der Waals surface area contributed by atoms with Crippen LogP contribution in [0.3, 0.4) is 0 Å². The molecule has 0 aliphatic carbocycles. The van der Waals surface area contributed by atoms with E-state index in [9.17, 15) is 9.59 Å². The van der Waals surface area contributed by atoms with Crippen molar-refractivity contribution in [1.82, 2.24) is 9.88 Å². The molecule has 0 radical (unpaired) electrons. The third kappa shape index (κ3) is 2.75. The van der Waals surface area contributed by atoms with Gasteiger partial charge in [-0.15, -0.1) is 34.4 Å². The Morgan fingerprint density at radius 3 is 3.08 bits per heavy atom. The second-order valence-electron chi connectivity index (χ2n) is 5.90. The van der Waals surface area contributed by atoms with Gasteiger partial charge in [-0.25, -0.2) is 4.98 Å². The van der Waals surface area contributed by atoms with Gasteiger partial charge in [0.2, 0.25) is 11.8 Å². The third-order valence-electron chi connectivity index (χ3n) is 4.31. The maximum Gasteiger partial charge on any atom is 0.249 e. The standard InChI is InChI=1S/C15H14ClN3O2S3/c1-15-5-4-12(20)19(15)9(7-23-15)13(21)18-14-17-8(6-22-14)10-2-3-11(16)24-10/h2-3,6,9H,4-5,7H2,1H3,(H,17,18,21). The molecule has 2 aromatic rings. The molecule has 9 heteroatoms. The predicted molar refractivity (Wildman–Crippen MR) is 99.8 cm³/mol. The fourth-order valence-electron chi connectivity index (χ4n) is 3.10. The van der Waals surface area contributed by atoms with E-state index in [4.69, 9.17) is 11.6 Å². The molecule has 2 aliphatic heterocycles. The zero-order chi connectivity index (χ0) is 16.9. The number of nitrogens with one attached hydrogen (secondary N) is 1. The van der Waals surface area contributed by atoms with Crippen molar-refractivity contribution in [2.75, 3.05) is 11.1 Å². The Labute approximate surface area is 156 Å². The lowest BCUT2D eigenvalue weighted by Crippen LogP contribution is -2.48. The number of amides is 2. The number of hydrogen-bond donors (Lipinski definition) is 1. The highest BCUT2D eigenvalue weighted by molar-refractivity contribution is 8.01. The van der Waals surface area contributed by atoms with Gasteiger partial charge >= 0.3 is 0 Å². The van der Waals surface area contributed by atoms with Crippen molar-refractivity contribution in [1.29, 1.82) is 0 Å². The molecule has 2 aromatic heterocycles. The minimum atomic E-state index is -0.418. The average Bonchev–Trinajstić information content (AvgIpc) is 3.27. The molecule has 5 nitrogen and oxygen atoms in total. The molecule has 0 bridgehead atoms. The van der Waals surface area contributed by atoms with E-state index >= 15 is 0 Å². The Hall–Kier alpha value is -1.09. The van der Waals surface area contributed by atoms with E-state index in [-0.39, 0.29) is 16.7 Å². The Morgan fingerprint density at radius 1 is 1.50 bits per heavy atom. The van der Waals surface area contributed by atoms with Crippen molar-refractivity contribution in [2.45, 2.75) is 30.7 Å². The van der Waals surface area contributed by atoms with Crippen molar-refractivity contribution in [3.05, 3.63) is 21.8 Å². The number of anilines is 1. The van der Waals surface area contributed by atoms with E-state index in [1.54, 1.807) is 16.7 Å². The zero-order valence-electron chi connectivity index (χ0n) is 12.7. The summed E-state index contributed by atoms with van der Waals surface area (Å²) in [6, 6.07) is 3.32. The molecule has 2 fully saturated rings. The maximum absolute atomic E-state index is 12.6. The Morgan fingerprint density at radius 2 is 2.33 bits per heavy atom. The second kappa shape index (κ2) is 6.01. The highest BCUT2D eigenvalue weighted by Gasteiger charge is 2.52. The fourth-order valence-corrected chi connectivity index (χ4v) is 6.32. The van der Waals surface area contributed by atoms with Crippen LogP contribution in [0.4, 0.5) is 5.13 Å². The molecule has 2 atom stereocenters. The summed E-state index contributed by atoms with van der Waals surface area (Å²) < 4.78 is 0.707. The first-order chi connectivity index (χ1) is 11.5. The van der Waals surface area contributed by atoms with Crippen molar-refractivity contribution >= 4 is 63.0 Å². The zero-order valence-corrected chi connectivity index (χ0v) is 15.9. The molecule has 2 unspecified atom stereocenters. The number of nitrogens with zero attached hydrogens (tertiary/aromatic N) is 2. The first-order valence-electron chi connectivity index (χ1n) is 7.44. The molecule has 126 valence electrons. The molecule has 1 N–H and O–H groups in total. The number of carbonyl (C=O) groups is 2. The minimum absolute atomic E-state index is 0.0655. The number of hydrogen-bond acceptors (Lipinski definition) is 6. The van der Waals surface area contributed by atoms with Gasteiger partial charge in [0.15, 0.2) is 5.13 Å². The lowest BCUT2D eigenvalue weighted by molar-refractivity contribution is -0.135. The summed E-state index contributed by atoms with van der Waals surface area (Å²) >= 11 is 10.5. The lowest BCUT2D eigenvalue weighted by Gasteiger charge is -2.29. The van der Waals surface area contributed by atoms with Crippen molar-refractivity contribution in [3.8, 4) is 10.6 Å². The molecular weight excluding hydrogens is 386 g/mol. The number of fused-ring (bicyclic) bond motifs is 1. The summed E-state index contributed by atoms with van der Waals surface area (Å²) in [6.07, 6.45) is 1.33. The molecule has 2 aliphatic rings. The molecular formula is C15H14ClN3O2S3. The van der Waals surface area contributed by atoms with Crippen LogP contribution in [0, 0.1) is 0 Å². The molecule has 4 heterocycles.